The van der Waals surface area contributed by atoms with Crippen molar-refractivity contribution in [3.8, 4) is 0 Å². The van der Waals surface area contributed by atoms with E-state index in [0.717, 1.165) is 42.5 Å². The Balaban J connectivity index is 1.31. The highest BCUT2D eigenvalue weighted by atomic mass is 16.5. The van der Waals surface area contributed by atoms with Crippen molar-refractivity contribution in [3.63, 3.8) is 0 Å². The highest BCUT2D eigenvalue weighted by molar-refractivity contribution is 5.91. The van der Waals surface area contributed by atoms with Gasteiger partial charge in [0.05, 0.1) is 31.0 Å². The molecule has 0 saturated heterocycles. The molecule has 3 aromatic rings. The van der Waals surface area contributed by atoms with Gasteiger partial charge >= 0.3 is 12.0 Å². The van der Waals surface area contributed by atoms with Crippen LogP contribution in [-0.2, 0) is 22.6 Å². The van der Waals surface area contributed by atoms with Crippen LogP contribution in [0.1, 0.15) is 58.3 Å². The van der Waals surface area contributed by atoms with Crippen molar-refractivity contribution < 1.29 is 24.2 Å². The number of rotatable bonds is 11. The fourth-order valence-electron chi connectivity index (χ4n) is 4.99. The van der Waals surface area contributed by atoms with E-state index < -0.39 is 5.97 Å². The molecule has 0 bridgehead atoms. The van der Waals surface area contributed by atoms with Gasteiger partial charge in [0.1, 0.15) is 0 Å². The fraction of sp³-hybridized carbons (Fsp3) is 0.375. The van der Waals surface area contributed by atoms with Gasteiger partial charge in [0.15, 0.2) is 0 Å². The Bertz CT molecular complexity index is 1230. The van der Waals surface area contributed by atoms with Gasteiger partial charge < -0.3 is 24.8 Å². The quantitative estimate of drug-likeness (QED) is 0.292. The van der Waals surface area contributed by atoms with E-state index in [2.05, 4.69) is 17.4 Å². The molecule has 0 aromatic heterocycles. The standard InChI is InChI=1S/C32H38N2O5/c1-23-14-16-25(17-15-23)21-34(32(37)33-27-10-4-3-5-11-27)18-19-38-28-12-7-13-29(20-28)39-22-26-9-6-8-24(2)30(26)31(35)36/h3-6,8-11,14-17,28-29H,7,12-13,18-22H2,1-2H3,(H,33,37)(H,35,36). The van der Waals surface area contributed by atoms with Crippen LogP contribution in [0.15, 0.2) is 72.8 Å². The van der Waals surface area contributed by atoms with Crippen LogP contribution in [0.25, 0.3) is 0 Å². The lowest BCUT2D eigenvalue weighted by molar-refractivity contribution is -0.0524. The second-order valence-corrected chi connectivity index (χ2v) is 10.2. The molecule has 3 aromatic carbocycles. The molecule has 7 nitrogen and oxygen atoms in total. The number of nitrogens with one attached hydrogen (secondary N) is 1. The van der Waals surface area contributed by atoms with Gasteiger partial charge in [-0.15, -0.1) is 0 Å². The third kappa shape index (κ3) is 8.40. The maximum absolute atomic E-state index is 13.1. The largest absolute Gasteiger partial charge is 0.478 e. The van der Waals surface area contributed by atoms with Gasteiger partial charge in [-0.1, -0.05) is 66.2 Å². The topological polar surface area (TPSA) is 88.1 Å². The fourth-order valence-corrected chi connectivity index (χ4v) is 4.99. The van der Waals surface area contributed by atoms with E-state index in [0.29, 0.717) is 30.8 Å². The van der Waals surface area contributed by atoms with E-state index in [1.54, 1.807) is 17.9 Å². The van der Waals surface area contributed by atoms with Gasteiger partial charge in [0, 0.05) is 18.8 Å². The number of aryl methyl sites for hydroxylation is 2. The first-order chi connectivity index (χ1) is 18.9. The Morgan fingerprint density at radius 2 is 1.64 bits per heavy atom. The zero-order chi connectivity index (χ0) is 27.6. The number of nitrogens with zero attached hydrogens (tertiary/aromatic N) is 1. The molecule has 206 valence electrons. The van der Waals surface area contributed by atoms with Crippen molar-refractivity contribution in [1.29, 1.82) is 0 Å². The van der Waals surface area contributed by atoms with E-state index in [1.807, 2.05) is 61.5 Å². The summed E-state index contributed by atoms with van der Waals surface area (Å²) in [4.78, 5) is 26.6. The number of urea groups is 1. The molecule has 0 aliphatic heterocycles. The smallest absolute Gasteiger partial charge is 0.336 e. The van der Waals surface area contributed by atoms with Gasteiger partial charge in [-0.05, 0) is 68.4 Å². The van der Waals surface area contributed by atoms with Crippen LogP contribution in [0, 0.1) is 13.8 Å². The van der Waals surface area contributed by atoms with Crippen molar-refractivity contribution in [3.05, 3.63) is 101 Å². The third-order valence-corrected chi connectivity index (χ3v) is 7.15. The van der Waals surface area contributed by atoms with Crippen LogP contribution >= 0.6 is 0 Å². The average molecular weight is 531 g/mol. The molecule has 0 heterocycles. The second kappa shape index (κ2) is 13.9. The van der Waals surface area contributed by atoms with Crippen molar-refractivity contribution in [2.75, 3.05) is 18.5 Å². The Morgan fingerprint density at radius 1 is 0.923 bits per heavy atom. The lowest BCUT2D eigenvalue weighted by atomic mass is 9.94. The number of ether oxygens (including phenoxy) is 2. The summed E-state index contributed by atoms with van der Waals surface area (Å²) in [6.07, 6.45) is 3.65. The summed E-state index contributed by atoms with van der Waals surface area (Å²) in [5, 5.41) is 12.6. The molecule has 1 aliphatic rings. The zero-order valence-corrected chi connectivity index (χ0v) is 22.8. The molecule has 39 heavy (non-hydrogen) atoms. The number of hydrogen-bond acceptors (Lipinski definition) is 4. The van der Waals surface area contributed by atoms with Crippen LogP contribution in [0.3, 0.4) is 0 Å². The van der Waals surface area contributed by atoms with E-state index in [-0.39, 0.29) is 24.8 Å². The molecule has 1 aliphatic carbocycles. The number of carbonyl (C=O) groups is 2. The van der Waals surface area contributed by atoms with Crippen molar-refractivity contribution >= 4 is 17.7 Å². The summed E-state index contributed by atoms with van der Waals surface area (Å²) in [6.45, 7) is 5.49. The number of anilines is 1. The van der Waals surface area contributed by atoms with Crippen LogP contribution in [0.4, 0.5) is 10.5 Å². The Kier molecular flexibility index (Phi) is 10.1. The summed E-state index contributed by atoms with van der Waals surface area (Å²) >= 11 is 0. The normalized spacial score (nSPS) is 17.0. The number of aromatic carboxylic acids is 1. The number of para-hydroxylation sites is 1. The molecule has 4 rings (SSSR count). The van der Waals surface area contributed by atoms with Crippen molar-refractivity contribution in [1.82, 2.24) is 4.90 Å². The van der Waals surface area contributed by atoms with E-state index in [4.69, 9.17) is 9.47 Å². The molecule has 2 amide bonds. The highest BCUT2D eigenvalue weighted by Crippen LogP contribution is 2.25. The number of benzene rings is 3. The zero-order valence-electron chi connectivity index (χ0n) is 22.8. The lowest BCUT2D eigenvalue weighted by Gasteiger charge is -2.30. The minimum atomic E-state index is -0.928. The monoisotopic (exact) mass is 530 g/mol. The molecule has 1 fully saturated rings. The average Bonchev–Trinajstić information content (AvgIpc) is 2.93. The number of carboxylic acid groups (broad SMARTS) is 1. The molecule has 1 saturated carbocycles. The summed E-state index contributed by atoms with van der Waals surface area (Å²) in [6, 6.07) is 23.0. The van der Waals surface area contributed by atoms with Crippen LogP contribution in [-0.4, -0.2) is 47.4 Å². The SMILES string of the molecule is Cc1ccc(CN(CCOC2CCCC(OCc3cccc(C)c3C(=O)O)C2)C(=O)Nc2ccccc2)cc1. The maximum Gasteiger partial charge on any atom is 0.336 e. The summed E-state index contributed by atoms with van der Waals surface area (Å²) < 4.78 is 12.4. The molecular weight excluding hydrogens is 492 g/mol. The predicted molar refractivity (Wildman–Crippen MR) is 152 cm³/mol. The van der Waals surface area contributed by atoms with Gasteiger partial charge in [-0.3, -0.25) is 0 Å². The van der Waals surface area contributed by atoms with E-state index in [9.17, 15) is 14.7 Å². The molecule has 7 heteroatoms. The minimum absolute atomic E-state index is 0.0101. The van der Waals surface area contributed by atoms with Gasteiger partial charge in [0.25, 0.3) is 0 Å². The van der Waals surface area contributed by atoms with Gasteiger partial charge in [-0.25, -0.2) is 9.59 Å². The van der Waals surface area contributed by atoms with Crippen LogP contribution in [0.5, 0.6) is 0 Å². The molecular formula is C32H38N2O5. The number of hydrogen-bond donors (Lipinski definition) is 2. The Hall–Kier alpha value is -3.68. The van der Waals surface area contributed by atoms with Crippen LogP contribution < -0.4 is 5.32 Å². The number of amides is 2. The molecule has 2 atom stereocenters. The predicted octanol–water partition coefficient (Wildman–Crippen LogP) is 6.58. The van der Waals surface area contributed by atoms with E-state index >= 15 is 0 Å². The summed E-state index contributed by atoms with van der Waals surface area (Å²) in [7, 11) is 0. The van der Waals surface area contributed by atoms with Crippen molar-refractivity contribution in [2.24, 2.45) is 0 Å². The molecule has 2 N–H and O–H groups in total. The molecule has 0 radical (unpaired) electrons. The maximum atomic E-state index is 13.1. The van der Waals surface area contributed by atoms with E-state index in [1.165, 1.54) is 5.56 Å². The minimum Gasteiger partial charge on any atom is -0.478 e. The number of carbonyl (C=O) groups excluding carboxylic acids is 1. The Morgan fingerprint density at radius 3 is 2.36 bits per heavy atom. The van der Waals surface area contributed by atoms with Gasteiger partial charge in [-0.2, -0.15) is 0 Å². The first kappa shape index (κ1) is 28.3. The molecule has 0 spiro atoms. The molecule has 2 unspecified atom stereocenters. The summed E-state index contributed by atoms with van der Waals surface area (Å²) in [5.41, 5.74) is 4.75. The van der Waals surface area contributed by atoms with Crippen molar-refractivity contribution in [2.45, 2.75) is 64.9 Å². The number of carboxylic acids is 1. The first-order valence-corrected chi connectivity index (χ1v) is 13.6. The first-order valence-electron chi connectivity index (χ1n) is 13.6. The lowest BCUT2D eigenvalue weighted by Crippen LogP contribution is -2.38. The van der Waals surface area contributed by atoms with Gasteiger partial charge in [0.2, 0.25) is 0 Å². The summed E-state index contributed by atoms with van der Waals surface area (Å²) in [5.74, 6) is -0.928. The van der Waals surface area contributed by atoms with Crippen LogP contribution in [0.2, 0.25) is 0 Å². The Labute approximate surface area is 230 Å². The third-order valence-electron chi connectivity index (χ3n) is 7.15. The second-order valence-electron chi connectivity index (χ2n) is 10.2. The highest BCUT2D eigenvalue weighted by Gasteiger charge is 2.25.